The average molecular weight is 301 g/mol. The Labute approximate surface area is 104 Å². The molecular weight excluding hydrogens is 294 g/mol. The first-order valence-corrected chi connectivity index (χ1v) is 5.54. The number of hydrogen-bond acceptors (Lipinski definition) is 2. The first-order valence-electron chi connectivity index (χ1n) is 4.75. The van der Waals surface area contributed by atoms with Crippen LogP contribution in [0.3, 0.4) is 0 Å². The van der Waals surface area contributed by atoms with E-state index >= 15 is 0 Å². The molecule has 2 nitrogen and oxygen atoms in total. The highest BCUT2D eigenvalue weighted by atomic mass is 79.9. The molecule has 0 N–H and O–H groups in total. The number of hydrogen-bond donors (Lipinski definition) is 0. The molecule has 1 aromatic heterocycles. The third-order valence-electron chi connectivity index (χ3n) is 2.32. The van der Waals surface area contributed by atoms with E-state index in [0.29, 0.717) is 4.67 Å². The van der Waals surface area contributed by atoms with Gasteiger partial charge in [-0.25, -0.2) is 8.78 Å². The van der Waals surface area contributed by atoms with Gasteiger partial charge in [-0.2, -0.15) is 0 Å². The van der Waals surface area contributed by atoms with E-state index in [4.69, 9.17) is 4.42 Å². The second kappa shape index (κ2) is 4.41. The smallest absolute Gasteiger partial charge is 0.231 e. The van der Waals surface area contributed by atoms with Crippen LogP contribution in [0.25, 0.3) is 0 Å². The summed E-state index contributed by atoms with van der Waals surface area (Å²) in [6.07, 6.45) is 0. The SMILES string of the molecule is Cc1ccc(C(=O)c2ccc(Br)o2)c(F)c1F. The molecule has 0 aliphatic rings. The van der Waals surface area contributed by atoms with Crippen LogP contribution in [0, 0.1) is 18.6 Å². The van der Waals surface area contributed by atoms with Crippen molar-refractivity contribution in [1.29, 1.82) is 0 Å². The summed E-state index contributed by atoms with van der Waals surface area (Å²) in [5.41, 5.74) is -0.186. The van der Waals surface area contributed by atoms with E-state index in [1.165, 1.54) is 31.2 Å². The maximum atomic E-state index is 13.6. The molecule has 0 saturated carbocycles. The van der Waals surface area contributed by atoms with E-state index in [1.54, 1.807) is 0 Å². The fourth-order valence-electron chi connectivity index (χ4n) is 1.39. The molecule has 2 rings (SSSR count). The van der Waals surface area contributed by atoms with Crippen LogP contribution >= 0.6 is 15.9 Å². The standard InChI is InChI=1S/C12H7BrF2O2/c1-6-2-3-7(11(15)10(6)14)12(16)8-4-5-9(13)17-8/h2-5H,1H3. The van der Waals surface area contributed by atoms with Crippen molar-refractivity contribution in [2.24, 2.45) is 0 Å². The first-order chi connectivity index (χ1) is 8.00. The van der Waals surface area contributed by atoms with Gasteiger partial charge in [0, 0.05) is 0 Å². The van der Waals surface area contributed by atoms with Crippen LogP contribution in [0.2, 0.25) is 0 Å². The van der Waals surface area contributed by atoms with Crippen molar-refractivity contribution >= 4 is 21.7 Å². The number of furan rings is 1. The lowest BCUT2D eigenvalue weighted by Crippen LogP contribution is -2.05. The fraction of sp³-hybridized carbons (Fsp3) is 0.0833. The van der Waals surface area contributed by atoms with E-state index in [9.17, 15) is 13.6 Å². The lowest BCUT2D eigenvalue weighted by atomic mass is 10.1. The molecule has 0 aliphatic carbocycles. The molecule has 0 atom stereocenters. The van der Waals surface area contributed by atoms with Crippen LogP contribution in [0.5, 0.6) is 0 Å². The third-order valence-corrected chi connectivity index (χ3v) is 2.74. The molecular formula is C12H7BrF2O2. The molecule has 0 radical (unpaired) electrons. The molecule has 0 fully saturated rings. The number of carbonyl (C=O) groups is 1. The van der Waals surface area contributed by atoms with Crippen LogP contribution in [0.1, 0.15) is 21.7 Å². The largest absolute Gasteiger partial charge is 0.446 e. The van der Waals surface area contributed by atoms with E-state index in [-0.39, 0.29) is 16.9 Å². The zero-order valence-electron chi connectivity index (χ0n) is 8.76. The molecule has 88 valence electrons. The summed E-state index contributed by atoms with van der Waals surface area (Å²) >= 11 is 3.03. The predicted molar refractivity (Wildman–Crippen MR) is 60.9 cm³/mol. The van der Waals surface area contributed by atoms with Gasteiger partial charge in [-0.05, 0) is 46.6 Å². The second-order valence-electron chi connectivity index (χ2n) is 3.49. The Hall–Kier alpha value is -1.49. The van der Waals surface area contributed by atoms with Crippen LogP contribution in [-0.2, 0) is 0 Å². The number of benzene rings is 1. The summed E-state index contributed by atoms with van der Waals surface area (Å²) in [6.45, 7) is 1.43. The van der Waals surface area contributed by atoms with E-state index in [1.807, 2.05) is 0 Å². The summed E-state index contributed by atoms with van der Waals surface area (Å²) < 4.78 is 32.2. The van der Waals surface area contributed by atoms with Gasteiger partial charge in [0.25, 0.3) is 0 Å². The summed E-state index contributed by atoms with van der Waals surface area (Å²) in [4.78, 5) is 11.8. The normalized spacial score (nSPS) is 10.6. The van der Waals surface area contributed by atoms with E-state index < -0.39 is 17.4 Å². The highest BCUT2D eigenvalue weighted by molar-refractivity contribution is 9.10. The summed E-state index contributed by atoms with van der Waals surface area (Å²) in [5.74, 6) is -2.89. The van der Waals surface area contributed by atoms with Crippen LogP contribution < -0.4 is 0 Å². The van der Waals surface area contributed by atoms with Crippen molar-refractivity contribution in [3.8, 4) is 0 Å². The van der Waals surface area contributed by atoms with Crippen molar-refractivity contribution in [2.45, 2.75) is 6.92 Å². The van der Waals surface area contributed by atoms with Crippen LogP contribution in [-0.4, -0.2) is 5.78 Å². The Kier molecular flexibility index (Phi) is 3.11. The number of aryl methyl sites for hydroxylation is 1. The van der Waals surface area contributed by atoms with Gasteiger partial charge < -0.3 is 4.42 Å². The quantitative estimate of drug-likeness (QED) is 0.788. The minimum Gasteiger partial charge on any atom is -0.446 e. The van der Waals surface area contributed by atoms with Crippen molar-refractivity contribution in [3.05, 3.63) is 57.5 Å². The second-order valence-corrected chi connectivity index (χ2v) is 4.27. The highest BCUT2D eigenvalue weighted by Crippen LogP contribution is 2.21. The predicted octanol–water partition coefficient (Wildman–Crippen LogP) is 3.86. The fourth-order valence-corrected chi connectivity index (χ4v) is 1.70. The molecule has 0 bridgehead atoms. The van der Waals surface area contributed by atoms with Gasteiger partial charge >= 0.3 is 0 Å². The first kappa shape index (κ1) is 12.0. The number of halogens is 3. The summed E-state index contributed by atoms with van der Waals surface area (Å²) in [7, 11) is 0. The zero-order chi connectivity index (χ0) is 12.6. The molecule has 0 unspecified atom stereocenters. The van der Waals surface area contributed by atoms with Gasteiger partial charge in [0.2, 0.25) is 5.78 Å². The van der Waals surface area contributed by atoms with Crippen molar-refractivity contribution in [1.82, 2.24) is 0 Å². The Morgan fingerprint density at radius 2 is 1.88 bits per heavy atom. The lowest BCUT2D eigenvalue weighted by molar-refractivity contribution is 0.100. The van der Waals surface area contributed by atoms with Crippen LogP contribution in [0.4, 0.5) is 8.78 Å². The van der Waals surface area contributed by atoms with E-state index in [0.717, 1.165) is 0 Å². The highest BCUT2D eigenvalue weighted by Gasteiger charge is 2.20. The van der Waals surface area contributed by atoms with E-state index in [2.05, 4.69) is 15.9 Å². The molecule has 5 heteroatoms. The molecule has 17 heavy (non-hydrogen) atoms. The summed E-state index contributed by atoms with van der Waals surface area (Å²) in [5, 5.41) is 0. The summed E-state index contributed by atoms with van der Waals surface area (Å²) in [6, 6.07) is 5.50. The Balaban J connectivity index is 2.48. The number of carbonyl (C=O) groups excluding carboxylic acids is 1. The van der Waals surface area contributed by atoms with Crippen LogP contribution in [0.15, 0.2) is 33.4 Å². The molecule has 0 amide bonds. The minimum absolute atomic E-state index is 0.0426. The minimum atomic E-state index is -1.15. The van der Waals surface area contributed by atoms with Gasteiger partial charge in [-0.15, -0.1) is 0 Å². The molecule has 0 saturated heterocycles. The molecule has 0 aliphatic heterocycles. The Morgan fingerprint density at radius 3 is 2.47 bits per heavy atom. The average Bonchev–Trinajstić information content (AvgIpc) is 2.72. The molecule has 1 heterocycles. The zero-order valence-corrected chi connectivity index (χ0v) is 10.3. The van der Waals surface area contributed by atoms with Crippen molar-refractivity contribution in [2.75, 3.05) is 0 Å². The molecule has 2 aromatic rings. The maximum absolute atomic E-state index is 13.6. The monoisotopic (exact) mass is 300 g/mol. The number of ketones is 1. The lowest BCUT2D eigenvalue weighted by Gasteiger charge is -2.03. The molecule has 0 spiro atoms. The third kappa shape index (κ3) is 2.15. The van der Waals surface area contributed by atoms with Gasteiger partial charge in [-0.1, -0.05) is 6.07 Å². The van der Waals surface area contributed by atoms with Gasteiger partial charge in [-0.3, -0.25) is 4.79 Å². The Bertz CT molecular complexity index is 590. The molecule has 1 aromatic carbocycles. The Morgan fingerprint density at radius 1 is 1.18 bits per heavy atom. The van der Waals surface area contributed by atoms with Gasteiger partial charge in [0.15, 0.2) is 22.1 Å². The maximum Gasteiger partial charge on any atom is 0.231 e. The number of rotatable bonds is 2. The van der Waals surface area contributed by atoms with Crippen molar-refractivity contribution in [3.63, 3.8) is 0 Å². The van der Waals surface area contributed by atoms with Gasteiger partial charge in [0.1, 0.15) is 0 Å². The van der Waals surface area contributed by atoms with Gasteiger partial charge in [0.05, 0.1) is 5.56 Å². The topological polar surface area (TPSA) is 30.2 Å². The van der Waals surface area contributed by atoms with Crippen molar-refractivity contribution < 1.29 is 18.0 Å².